The SMILES string of the molecule is CC(=O)Cl.CCOC(C)=O.ClP(Cl)(Cl)(Cl)Cl. The van der Waals surface area contributed by atoms with Crippen LogP contribution in [0.3, 0.4) is 0 Å². The van der Waals surface area contributed by atoms with Gasteiger partial charge < -0.3 is 4.74 Å². The quantitative estimate of drug-likeness (QED) is 0.338. The predicted molar refractivity (Wildman–Crippen MR) is 75.0 cm³/mol. The first-order valence-corrected chi connectivity index (χ1v) is 10.8. The number of carbonyl (C=O) groups excluding carboxylic acids is 2. The van der Waals surface area contributed by atoms with Crippen LogP contribution in [-0.2, 0) is 14.3 Å². The fraction of sp³-hybridized carbons (Fsp3) is 0.667. The van der Waals surface area contributed by atoms with Gasteiger partial charge in [-0.2, -0.15) is 0 Å². The molecule has 0 aliphatic carbocycles. The average Bonchev–Trinajstić information content (AvgIpc) is 1.77. The standard InChI is InChI=1S/C4H8O2.C2H3ClO.Cl5P/c1-3-6-4(2)5;1-2(3)4;1-6(2,3,4)5/h3H2,1-2H3;1H3;. The van der Waals surface area contributed by atoms with Crippen LogP contribution in [0.25, 0.3) is 0 Å². The Bertz CT molecular complexity index is 203. The summed E-state index contributed by atoms with van der Waals surface area (Å²) in [7, 11) is 0. The van der Waals surface area contributed by atoms with Crippen molar-refractivity contribution in [2.75, 3.05) is 6.61 Å². The van der Waals surface area contributed by atoms with Gasteiger partial charge in [0.05, 0.1) is 6.61 Å². The Hall–Kier alpha value is 1.31. The van der Waals surface area contributed by atoms with E-state index in [0.29, 0.717) is 6.61 Å². The van der Waals surface area contributed by atoms with Crippen molar-refractivity contribution in [2.45, 2.75) is 20.8 Å². The van der Waals surface area contributed by atoms with Gasteiger partial charge in [-0.25, -0.2) is 0 Å². The first kappa shape index (κ1) is 22.5. The Balaban J connectivity index is -0.000000162. The number of esters is 1. The van der Waals surface area contributed by atoms with Gasteiger partial charge in [0.25, 0.3) is 0 Å². The molecule has 0 saturated carbocycles. The molecule has 0 bridgehead atoms. The van der Waals surface area contributed by atoms with Crippen LogP contribution in [0.4, 0.5) is 0 Å². The van der Waals surface area contributed by atoms with Crippen molar-refractivity contribution in [3.8, 4) is 0 Å². The zero-order chi connectivity index (χ0) is 14.0. The van der Waals surface area contributed by atoms with Crippen LogP contribution in [0.5, 0.6) is 0 Å². The maximum atomic E-state index is 9.82. The molecule has 16 heavy (non-hydrogen) atoms. The average molecular weight is 375 g/mol. The first-order valence-electron chi connectivity index (χ1n) is 3.64. The molecule has 0 aliphatic rings. The number of carbonyl (C=O) groups is 2. The van der Waals surface area contributed by atoms with Crippen molar-refractivity contribution in [2.24, 2.45) is 0 Å². The van der Waals surface area contributed by atoms with Gasteiger partial charge in [0, 0.05) is 13.8 Å². The summed E-state index contributed by atoms with van der Waals surface area (Å²) < 4.78 is 0.714. The monoisotopic (exact) mass is 372 g/mol. The van der Waals surface area contributed by atoms with E-state index in [1.165, 1.54) is 13.8 Å². The van der Waals surface area contributed by atoms with Crippen molar-refractivity contribution in [1.82, 2.24) is 0 Å². The minimum atomic E-state index is -3.69. The van der Waals surface area contributed by atoms with Gasteiger partial charge >= 0.3 is 65.5 Å². The normalized spacial score (nSPS) is 11.7. The number of hydrogen-bond donors (Lipinski definition) is 0. The van der Waals surface area contributed by atoms with Crippen LogP contribution in [0.15, 0.2) is 0 Å². The summed E-state index contributed by atoms with van der Waals surface area (Å²) in [5, 5.41) is -0.361. The van der Waals surface area contributed by atoms with E-state index in [9.17, 15) is 9.59 Å². The Morgan fingerprint density at radius 2 is 1.25 bits per heavy atom. The van der Waals surface area contributed by atoms with Gasteiger partial charge in [0.2, 0.25) is 5.24 Å². The minimum absolute atomic E-state index is 0.211. The van der Waals surface area contributed by atoms with Crippen LogP contribution in [-0.4, -0.2) is 17.8 Å². The first-order chi connectivity index (χ1) is 6.74. The molecular formula is C6H11Cl6O3P. The van der Waals surface area contributed by atoms with Crippen molar-refractivity contribution < 1.29 is 14.3 Å². The molecule has 0 radical (unpaired) electrons. The van der Waals surface area contributed by atoms with Crippen molar-refractivity contribution in [3.63, 3.8) is 0 Å². The van der Waals surface area contributed by atoms with E-state index in [2.05, 4.69) is 16.3 Å². The van der Waals surface area contributed by atoms with Crippen molar-refractivity contribution in [3.05, 3.63) is 0 Å². The third kappa shape index (κ3) is 169. The number of halogens is 6. The van der Waals surface area contributed by atoms with E-state index in [-0.39, 0.29) is 11.2 Å². The zero-order valence-corrected chi connectivity index (χ0v) is 14.1. The van der Waals surface area contributed by atoms with Crippen LogP contribution in [0.2, 0.25) is 0 Å². The maximum absolute atomic E-state index is 9.82. The molecule has 0 heterocycles. The van der Waals surface area contributed by atoms with Crippen molar-refractivity contribution >= 4 is 82.4 Å². The number of ether oxygens (including phenoxy) is 1. The summed E-state index contributed by atoms with van der Waals surface area (Å²) in [4.78, 5) is 19.0. The summed E-state index contributed by atoms with van der Waals surface area (Å²) in [5.74, 6) is -0.211. The zero-order valence-electron chi connectivity index (χ0n) is 8.65. The molecule has 0 aliphatic heterocycles. The molecule has 10 heteroatoms. The second-order valence-electron chi connectivity index (χ2n) is 2.03. The predicted octanol–water partition coefficient (Wildman–Crippen LogP) is 5.65. The second kappa shape index (κ2) is 10.3. The molecule has 0 amide bonds. The van der Waals surface area contributed by atoms with Crippen LogP contribution in [0, 0.1) is 0 Å². The summed E-state index contributed by atoms with van der Waals surface area (Å²) in [6.45, 7) is 4.95. The van der Waals surface area contributed by atoms with Crippen molar-refractivity contribution in [1.29, 1.82) is 0 Å². The Morgan fingerprint density at radius 3 is 1.25 bits per heavy atom. The summed E-state index contributed by atoms with van der Waals surface area (Å²) in [5.41, 5.74) is 0. The van der Waals surface area contributed by atoms with Crippen LogP contribution >= 0.6 is 71.2 Å². The molecule has 100 valence electrons. The summed E-state index contributed by atoms with van der Waals surface area (Å²) in [6.07, 6.45) is 0. The Kier molecular flexibility index (Phi) is 14.4. The topological polar surface area (TPSA) is 43.4 Å². The molecule has 0 unspecified atom stereocenters. The summed E-state index contributed by atoms with van der Waals surface area (Å²) in [6, 6.07) is 0. The molecule has 0 aromatic rings. The van der Waals surface area contributed by atoms with Gasteiger partial charge in [0.15, 0.2) is 0 Å². The molecule has 3 nitrogen and oxygen atoms in total. The fourth-order valence-corrected chi connectivity index (χ4v) is 0.203. The van der Waals surface area contributed by atoms with E-state index in [1.807, 2.05) is 0 Å². The van der Waals surface area contributed by atoms with Gasteiger partial charge in [-0.3, -0.25) is 9.59 Å². The third-order valence-electron chi connectivity index (χ3n) is 0.348. The molecule has 0 aromatic carbocycles. The third-order valence-corrected chi connectivity index (χ3v) is 0.348. The molecular weight excluding hydrogens is 364 g/mol. The van der Waals surface area contributed by atoms with Crippen LogP contribution in [0.1, 0.15) is 20.8 Å². The van der Waals surface area contributed by atoms with E-state index in [4.69, 9.17) is 56.2 Å². The van der Waals surface area contributed by atoms with Gasteiger partial charge in [0.1, 0.15) is 0 Å². The van der Waals surface area contributed by atoms with Gasteiger partial charge in [-0.1, -0.05) is 0 Å². The molecule has 0 N–H and O–H groups in total. The summed E-state index contributed by atoms with van der Waals surface area (Å²) >= 11 is 29.5. The fourth-order valence-electron chi connectivity index (χ4n) is 0.203. The van der Waals surface area contributed by atoms with Gasteiger partial charge in [-0.15, -0.1) is 0 Å². The molecule has 0 atom stereocenters. The number of rotatable bonds is 1. The molecule has 0 saturated heterocycles. The number of hydrogen-bond acceptors (Lipinski definition) is 3. The van der Waals surface area contributed by atoms with E-state index in [1.54, 1.807) is 6.92 Å². The molecule has 0 aromatic heterocycles. The van der Waals surface area contributed by atoms with E-state index in [0.717, 1.165) is 0 Å². The molecule has 0 rings (SSSR count). The van der Waals surface area contributed by atoms with E-state index >= 15 is 0 Å². The Labute approximate surface area is 123 Å². The molecule has 0 fully saturated rings. The van der Waals surface area contributed by atoms with Crippen LogP contribution < -0.4 is 0 Å². The van der Waals surface area contributed by atoms with Gasteiger partial charge in [-0.05, 0) is 18.5 Å². The van der Waals surface area contributed by atoms with E-state index < -0.39 is 3.37 Å². The second-order valence-corrected chi connectivity index (χ2v) is 19.2. The Morgan fingerprint density at radius 1 is 1.06 bits per heavy atom. The molecule has 0 spiro atoms.